The van der Waals surface area contributed by atoms with Crippen LogP contribution in [-0.4, -0.2) is 54.6 Å². The van der Waals surface area contributed by atoms with Crippen LogP contribution < -0.4 is 10.2 Å². The van der Waals surface area contributed by atoms with Crippen LogP contribution >= 0.6 is 11.6 Å². The quantitative estimate of drug-likeness (QED) is 0.577. The Hall–Kier alpha value is -2.88. The molecule has 0 aliphatic carbocycles. The van der Waals surface area contributed by atoms with Crippen molar-refractivity contribution in [3.05, 3.63) is 76.4 Å². The van der Waals surface area contributed by atoms with Crippen LogP contribution in [0.2, 0.25) is 5.02 Å². The van der Waals surface area contributed by atoms with Gasteiger partial charge in [-0.2, -0.15) is 9.40 Å². The van der Waals surface area contributed by atoms with E-state index in [1.165, 1.54) is 15.2 Å². The van der Waals surface area contributed by atoms with Crippen molar-refractivity contribution in [3.8, 4) is 0 Å². The van der Waals surface area contributed by atoms with Crippen LogP contribution in [0.5, 0.6) is 0 Å². The molecule has 1 saturated heterocycles. The number of sulfonamides is 1. The lowest BCUT2D eigenvalue weighted by atomic mass is 10.1. The van der Waals surface area contributed by atoms with Crippen molar-refractivity contribution in [1.29, 1.82) is 0 Å². The van der Waals surface area contributed by atoms with Gasteiger partial charge in [0.2, 0.25) is 5.03 Å². The number of aromatic nitrogens is 2. The molecule has 0 spiro atoms. The normalized spacial score (nSPS) is 14.9. The molecule has 1 N–H and O–H groups in total. The lowest BCUT2D eigenvalue weighted by molar-refractivity contribution is 0.0947. The molecule has 0 bridgehead atoms. The van der Waals surface area contributed by atoms with E-state index in [-0.39, 0.29) is 23.7 Å². The predicted molar refractivity (Wildman–Crippen MR) is 128 cm³/mol. The molecule has 3 aromatic rings. The van der Waals surface area contributed by atoms with Gasteiger partial charge >= 0.3 is 0 Å². The van der Waals surface area contributed by atoms with Crippen molar-refractivity contribution in [1.82, 2.24) is 19.4 Å². The molecule has 1 aliphatic heterocycles. The number of halogens is 1. The zero-order valence-electron chi connectivity index (χ0n) is 18.5. The van der Waals surface area contributed by atoms with Gasteiger partial charge in [0.1, 0.15) is 0 Å². The van der Waals surface area contributed by atoms with Gasteiger partial charge in [0, 0.05) is 56.7 Å². The molecule has 33 heavy (non-hydrogen) atoms. The number of hydrogen-bond donors (Lipinski definition) is 1. The Labute approximate surface area is 198 Å². The number of carbonyl (C=O) groups excluding carboxylic acids is 1. The largest absolute Gasteiger partial charge is 0.369 e. The molecular weight excluding hydrogens is 462 g/mol. The fourth-order valence-electron chi connectivity index (χ4n) is 3.90. The Morgan fingerprint density at radius 3 is 2.48 bits per heavy atom. The Balaban J connectivity index is 1.49. The molecule has 2 aromatic carbocycles. The van der Waals surface area contributed by atoms with Crippen molar-refractivity contribution in [2.75, 3.05) is 31.1 Å². The molecule has 0 atom stereocenters. The summed E-state index contributed by atoms with van der Waals surface area (Å²) in [6.45, 7) is 3.91. The van der Waals surface area contributed by atoms with E-state index >= 15 is 0 Å². The second kappa shape index (κ2) is 9.54. The van der Waals surface area contributed by atoms with Gasteiger partial charge in [-0.25, -0.2) is 8.42 Å². The molecule has 0 saturated carbocycles. The number of nitrogens with one attached hydrogen (secondary N) is 1. The highest BCUT2D eigenvalue weighted by molar-refractivity contribution is 7.89. The third kappa shape index (κ3) is 5.05. The molecule has 10 heteroatoms. The van der Waals surface area contributed by atoms with E-state index in [2.05, 4.69) is 15.3 Å². The summed E-state index contributed by atoms with van der Waals surface area (Å²) in [4.78, 5) is 14.9. The highest BCUT2D eigenvalue weighted by Crippen LogP contribution is 2.27. The zero-order valence-corrected chi connectivity index (χ0v) is 20.1. The minimum atomic E-state index is -3.94. The number of carbonyl (C=O) groups is 1. The summed E-state index contributed by atoms with van der Waals surface area (Å²) in [5, 5.41) is 7.34. The number of benzene rings is 2. The second-order valence-corrected chi connectivity index (χ2v) is 10.3. The molecule has 0 unspecified atom stereocenters. The van der Waals surface area contributed by atoms with Gasteiger partial charge in [0.25, 0.3) is 15.9 Å². The third-order valence-electron chi connectivity index (χ3n) is 5.67. The first kappa shape index (κ1) is 23.3. The van der Waals surface area contributed by atoms with Crippen LogP contribution in [0.3, 0.4) is 0 Å². The van der Waals surface area contributed by atoms with E-state index in [9.17, 15) is 13.2 Å². The number of hydrogen-bond acceptors (Lipinski definition) is 5. The van der Waals surface area contributed by atoms with Crippen LogP contribution in [0.4, 0.5) is 5.69 Å². The summed E-state index contributed by atoms with van der Waals surface area (Å²) in [5.74, 6) is -0.473. The molecule has 174 valence electrons. The zero-order chi connectivity index (χ0) is 23.6. The maximum absolute atomic E-state index is 13.4. The van der Waals surface area contributed by atoms with Gasteiger partial charge in [0.15, 0.2) is 0 Å². The van der Waals surface area contributed by atoms with E-state index in [4.69, 9.17) is 11.6 Å². The Morgan fingerprint density at radius 1 is 1.09 bits per heavy atom. The average molecular weight is 488 g/mol. The summed E-state index contributed by atoms with van der Waals surface area (Å²) >= 11 is 6.15. The minimum Gasteiger partial charge on any atom is -0.369 e. The average Bonchev–Trinajstić information content (AvgIpc) is 3.22. The molecule has 1 fully saturated rings. The maximum atomic E-state index is 13.4. The smallest absolute Gasteiger partial charge is 0.263 e. The summed E-state index contributed by atoms with van der Waals surface area (Å²) in [6, 6.07) is 15.1. The van der Waals surface area contributed by atoms with Gasteiger partial charge < -0.3 is 10.2 Å². The van der Waals surface area contributed by atoms with Gasteiger partial charge in [-0.05, 0) is 30.2 Å². The number of piperazine rings is 1. The number of amides is 1. The van der Waals surface area contributed by atoms with E-state index in [0.29, 0.717) is 24.7 Å². The lowest BCUT2D eigenvalue weighted by Gasteiger charge is -2.35. The molecule has 1 aromatic heterocycles. The van der Waals surface area contributed by atoms with Gasteiger partial charge in [0.05, 0.1) is 5.56 Å². The Kier molecular flexibility index (Phi) is 6.73. The fourth-order valence-corrected chi connectivity index (χ4v) is 5.61. The Morgan fingerprint density at radius 2 is 1.79 bits per heavy atom. The van der Waals surface area contributed by atoms with Crippen molar-refractivity contribution in [3.63, 3.8) is 0 Å². The van der Waals surface area contributed by atoms with Crippen molar-refractivity contribution in [2.24, 2.45) is 7.05 Å². The number of anilines is 1. The standard InChI is InChI=1S/C23H26ClN5O3S/c1-17-8-9-19(24)14-21(17)28-10-12-29(13-11-28)33(31,32)23-20(16-27(2)26-23)22(30)25-15-18-6-4-3-5-7-18/h3-9,14,16H,10-13,15H2,1-2H3,(H,25,30). The number of aryl methyl sites for hydroxylation is 2. The first-order valence-corrected chi connectivity index (χ1v) is 12.4. The first-order chi connectivity index (χ1) is 15.8. The second-order valence-electron chi connectivity index (χ2n) is 8.01. The fraction of sp³-hybridized carbons (Fsp3) is 0.304. The van der Waals surface area contributed by atoms with E-state index < -0.39 is 15.9 Å². The Bertz CT molecular complexity index is 1250. The van der Waals surface area contributed by atoms with Gasteiger partial charge in [-0.3, -0.25) is 9.48 Å². The van der Waals surface area contributed by atoms with Crippen molar-refractivity contribution >= 4 is 33.2 Å². The topological polar surface area (TPSA) is 87.5 Å². The van der Waals surface area contributed by atoms with E-state index in [0.717, 1.165) is 16.8 Å². The van der Waals surface area contributed by atoms with Gasteiger partial charge in [-0.15, -0.1) is 0 Å². The molecule has 2 heterocycles. The molecule has 4 rings (SSSR count). The summed E-state index contributed by atoms with van der Waals surface area (Å²) in [5.41, 5.74) is 3.05. The van der Waals surface area contributed by atoms with Crippen LogP contribution in [0.25, 0.3) is 0 Å². The number of nitrogens with zero attached hydrogens (tertiary/aromatic N) is 4. The first-order valence-electron chi connectivity index (χ1n) is 10.6. The molecule has 1 amide bonds. The summed E-state index contributed by atoms with van der Waals surface area (Å²) in [7, 11) is -2.33. The SMILES string of the molecule is Cc1ccc(Cl)cc1N1CCN(S(=O)(=O)c2nn(C)cc2C(=O)NCc2ccccc2)CC1. The monoisotopic (exact) mass is 487 g/mol. The third-order valence-corrected chi connectivity index (χ3v) is 7.74. The van der Waals surface area contributed by atoms with Crippen LogP contribution in [0, 0.1) is 6.92 Å². The maximum Gasteiger partial charge on any atom is 0.263 e. The summed E-state index contributed by atoms with van der Waals surface area (Å²) < 4.78 is 29.5. The van der Waals surface area contributed by atoms with E-state index in [1.54, 1.807) is 7.05 Å². The van der Waals surface area contributed by atoms with Crippen LogP contribution in [0.15, 0.2) is 59.8 Å². The van der Waals surface area contributed by atoms with Crippen LogP contribution in [-0.2, 0) is 23.6 Å². The highest BCUT2D eigenvalue weighted by atomic mass is 35.5. The summed E-state index contributed by atoms with van der Waals surface area (Å²) in [6.07, 6.45) is 1.44. The highest BCUT2D eigenvalue weighted by Gasteiger charge is 2.34. The molecule has 8 nitrogen and oxygen atoms in total. The minimum absolute atomic E-state index is 0.0431. The number of rotatable bonds is 6. The van der Waals surface area contributed by atoms with Gasteiger partial charge in [-0.1, -0.05) is 48.0 Å². The van der Waals surface area contributed by atoms with E-state index in [1.807, 2.05) is 55.5 Å². The molecular formula is C23H26ClN5O3S. The van der Waals surface area contributed by atoms with Crippen molar-refractivity contribution in [2.45, 2.75) is 18.5 Å². The molecule has 0 radical (unpaired) electrons. The molecule has 1 aliphatic rings. The van der Waals surface area contributed by atoms with Crippen molar-refractivity contribution < 1.29 is 13.2 Å². The predicted octanol–water partition coefficient (Wildman–Crippen LogP) is 2.82. The lowest BCUT2D eigenvalue weighted by Crippen LogP contribution is -2.49. The van der Waals surface area contributed by atoms with Crippen LogP contribution in [0.1, 0.15) is 21.5 Å².